The maximum absolute atomic E-state index is 13.2. The summed E-state index contributed by atoms with van der Waals surface area (Å²) in [5.41, 5.74) is -0.0135. The first kappa shape index (κ1) is 19.4. The summed E-state index contributed by atoms with van der Waals surface area (Å²) in [6.07, 6.45) is -2.46. The zero-order valence-corrected chi connectivity index (χ0v) is 15.2. The number of aliphatic hydroxyl groups excluding tert-OH is 1. The Balaban J connectivity index is 1.92. The number of nitrogens with one attached hydrogen (secondary N) is 2. The lowest BCUT2D eigenvalue weighted by Gasteiger charge is -2.21. The molecule has 2 aromatic rings. The summed E-state index contributed by atoms with van der Waals surface area (Å²) in [7, 11) is 0. The van der Waals surface area contributed by atoms with Crippen molar-refractivity contribution in [3.63, 3.8) is 0 Å². The minimum Gasteiger partial charge on any atom is -0.394 e. The maximum atomic E-state index is 13.2. The summed E-state index contributed by atoms with van der Waals surface area (Å²) in [4.78, 5) is 8.80. The summed E-state index contributed by atoms with van der Waals surface area (Å²) in [6, 6.07) is 6.75. The highest BCUT2D eigenvalue weighted by atomic mass is 19.4. The molecular formula is C19H23F3N4O. The molecule has 1 aliphatic rings. The van der Waals surface area contributed by atoms with Crippen LogP contribution >= 0.6 is 0 Å². The van der Waals surface area contributed by atoms with Crippen molar-refractivity contribution in [2.75, 3.05) is 17.2 Å². The van der Waals surface area contributed by atoms with Crippen LogP contribution in [0, 0.1) is 5.92 Å². The van der Waals surface area contributed by atoms with Gasteiger partial charge < -0.3 is 15.7 Å². The Labute approximate surface area is 156 Å². The van der Waals surface area contributed by atoms with Crippen LogP contribution in [-0.4, -0.2) is 27.7 Å². The van der Waals surface area contributed by atoms with E-state index in [4.69, 9.17) is 0 Å². The largest absolute Gasteiger partial charge is 0.418 e. The van der Waals surface area contributed by atoms with Crippen LogP contribution in [0.4, 0.5) is 30.6 Å². The molecule has 1 aliphatic carbocycles. The van der Waals surface area contributed by atoms with Crippen molar-refractivity contribution in [3.8, 4) is 0 Å². The summed E-state index contributed by atoms with van der Waals surface area (Å²) >= 11 is 0. The Hall–Kier alpha value is -2.35. The smallest absolute Gasteiger partial charge is 0.394 e. The second-order valence-electron chi connectivity index (χ2n) is 7.12. The number of para-hydroxylation sites is 1. The average molecular weight is 380 g/mol. The van der Waals surface area contributed by atoms with Gasteiger partial charge in [-0.2, -0.15) is 18.2 Å². The van der Waals surface area contributed by atoms with E-state index in [-0.39, 0.29) is 24.3 Å². The molecule has 0 saturated heterocycles. The highest BCUT2D eigenvalue weighted by Gasteiger charge is 2.33. The topological polar surface area (TPSA) is 70.1 Å². The molecule has 1 heterocycles. The van der Waals surface area contributed by atoms with E-state index < -0.39 is 11.7 Å². The number of benzene rings is 1. The molecule has 3 rings (SSSR count). The first-order chi connectivity index (χ1) is 12.8. The van der Waals surface area contributed by atoms with E-state index in [0.29, 0.717) is 17.7 Å². The van der Waals surface area contributed by atoms with Crippen LogP contribution in [0.1, 0.15) is 43.9 Å². The number of rotatable bonds is 7. The lowest BCUT2D eigenvalue weighted by Crippen LogP contribution is -2.30. The normalized spacial score (nSPS) is 15.7. The minimum absolute atomic E-state index is 0.0565. The molecule has 8 heteroatoms. The molecule has 3 N–H and O–H groups in total. The third-order valence-corrected chi connectivity index (χ3v) is 4.55. The number of aromatic nitrogens is 2. The van der Waals surface area contributed by atoms with Gasteiger partial charge >= 0.3 is 6.18 Å². The highest BCUT2D eigenvalue weighted by molar-refractivity contribution is 5.62. The van der Waals surface area contributed by atoms with Gasteiger partial charge in [-0.1, -0.05) is 26.0 Å². The zero-order chi connectivity index (χ0) is 19.6. The fourth-order valence-electron chi connectivity index (χ4n) is 2.75. The van der Waals surface area contributed by atoms with Gasteiger partial charge in [0.2, 0.25) is 5.95 Å². The van der Waals surface area contributed by atoms with Crippen molar-refractivity contribution >= 4 is 17.5 Å². The Morgan fingerprint density at radius 3 is 2.48 bits per heavy atom. The molecule has 0 amide bonds. The predicted octanol–water partition coefficient (Wildman–Crippen LogP) is 4.55. The van der Waals surface area contributed by atoms with Crippen molar-refractivity contribution in [1.82, 2.24) is 9.97 Å². The number of hydrogen-bond donors (Lipinski definition) is 3. The molecule has 1 fully saturated rings. The van der Waals surface area contributed by atoms with E-state index in [1.807, 2.05) is 13.8 Å². The van der Waals surface area contributed by atoms with Crippen molar-refractivity contribution in [2.45, 2.75) is 44.8 Å². The van der Waals surface area contributed by atoms with Gasteiger partial charge in [-0.05, 0) is 30.9 Å². The van der Waals surface area contributed by atoms with E-state index in [2.05, 4.69) is 20.6 Å². The zero-order valence-electron chi connectivity index (χ0n) is 15.2. The SMILES string of the molecule is CC(C)[C@@H](CO)Nc1nc(Nc2ccccc2C(F)(F)F)cc(C2CC2)n1. The van der Waals surface area contributed by atoms with Gasteiger partial charge in [0.1, 0.15) is 5.82 Å². The molecule has 27 heavy (non-hydrogen) atoms. The van der Waals surface area contributed by atoms with Gasteiger partial charge in [0.25, 0.3) is 0 Å². The Morgan fingerprint density at radius 1 is 1.19 bits per heavy atom. The second kappa shape index (κ2) is 7.72. The van der Waals surface area contributed by atoms with Crippen LogP contribution in [0.2, 0.25) is 0 Å². The maximum Gasteiger partial charge on any atom is 0.418 e. The number of aliphatic hydroxyl groups is 1. The summed E-state index contributed by atoms with van der Waals surface area (Å²) in [5.74, 6) is 1.05. The monoisotopic (exact) mass is 380 g/mol. The van der Waals surface area contributed by atoms with Crippen LogP contribution in [0.25, 0.3) is 0 Å². The van der Waals surface area contributed by atoms with Crippen molar-refractivity contribution in [3.05, 3.63) is 41.6 Å². The van der Waals surface area contributed by atoms with Crippen LogP contribution in [0.3, 0.4) is 0 Å². The number of anilines is 3. The van der Waals surface area contributed by atoms with Gasteiger partial charge in [0.15, 0.2) is 0 Å². The first-order valence-corrected chi connectivity index (χ1v) is 8.97. The molecule has 1 saturated carbocycles. The Kier molecular flexibility index (Phi) is 5.55. The molecule has 0 bridgehead atoms. The van der Waals surface area contributed by atoms with E-state index in [9.17, 15) is 18.3 Å². The fraction of sp³-hybridized carbons (Fsp3) is 0.474. The molecule has 1 atom stereocenters. The van der Waals surface area contributed by atoms with Crippen molar-refractivity contribution < 1.29 is 18.3 Å². The highest BCUT2D eigenvalue weighted by Crippen LogP contribution is 2.41. The van der Waals surface area contributed by atoms with E-state index in [1.54, 1.807) is 12.1 Å². The van der Waals surface area contributed by atoms with Gasteiger partial charge in [-0.15, -0.1) is 0 Å². The predicted molar refractivity (Wildman–Crippen MR) is 98.1 cm³/mol. The van der Waals surface area contributed by atoms with E-state index >= 15 is 0 Å². The third kappa shape index (κ3) is 4.88. The molecule has 5 nitrogen and oxygen atoms in total. The quantitative estimate of drug-likeness (QED) is 0.658. The van der Waals surface area contributed by atoms with Crippen LogP contribution in [0.15, 0.2) is 30.3 Å². The lowest BCUT2D eigenvalue weighted by molar-refractivity contribution is -0.136. The number of hydrogen-bond acceptors (Lipinski definition) is 5. The summed E-state index contributed by atoms with van der Waals surface area (Å²) in [6.45, 7) is 3.82. The second-order valence-corrected chi connectivity index (χ2v) is 7.12. The average Bonchev–Trinajstić information content (AvgIpc) is 3.44. The van der Waals surface area contributed by atoms with Crippen molar-refractivity contribution in [1.29, 1.82) is 0 Å². The van der Waals surface area contributed by atoms with Gasteiger partial charge in [-0.25, -0.2) is 4.98 Å². The molecule has 0 spiro atoms. The molecule has 0 aliphatic heterocycles. The molecule has 0 unspecified atom stereocenters. The molecular weight excluding hydrogens is 357 g/mol. The molecule has 1 aromatic carbocycles. The van der Waals surface area contributed by atoms with Crippen LogP contribution in [0.5, 0.6) is 0 Å². The minimum atomic E-state index is -4.46. The van der Waals surface area contributed by atoms with Gasteiger partial charge in [0.05, 0.1) is 29.6 Å². The fourth-order valence-corrected chi connectivity index (χ4v) is 2.75. The van der Waals surface area contributed by atoms with E-state index in [0.717, 1.165) is 24.6 Å². The summed E-state index contributed by atoms with van der Waals surface area (Å²) < 4.78 is 39.7. The van der Waals surface area contributed by atoms with Gasteiger partial charge in [0, 0.05) is 12.0 Å². The van der Waals surface area contributed by atoms with Crippen LogP contribution in [-0.2, 0) is 6.18 Å². The first-order valence-electron chi connectivity index (χ1n) is 8.97. The molecule has 146 valence electrons. The summed E-state index contributed by atoms with van der Waals surface area (Å²) in [5, 5.41) is 15.4. The van der Waals surface area contributed by atoms with Crippen LogP contribution < -0.4 is 10.6 Å². The number of nitrogens with zero attached hydrogens (tertiary/aromatic N) is 2. The number of halogens is 3. The Bertz CT molecular complexity index is 791. The lowest BCUT2D eigenvalue weighted by atomic mass is 10.1. The molecule has 0 radical (unpaired) electrons. The van der Waals surface area contributed by atoms with E-state index in [1.165, 1.54) is 12.1 Å². The van der Waals surface area contributed by atoms with Crippen molar-refractivity contribution in [2.24, 2.45) is 5.92 Å². The number of alkyl halides is 3. The standard InChI is InChI=1S/C19H23F3N4O/c1-11(2)16(10-27)25-18-24-15(12-7-8-12)9-17(26-18)23-14-6-4-3-5-13(14)19(20,21)22/h3-6,9,11-12,16,27H,7-8,10H2,1-2H3,(H2,23,24,25,26)/t16-/m1/s1. The van der Waals surface area contributed by atoms with Gasteiger partial charge in [-0.3, -0.25) is 0 Å². The Morgan fingerprint density at radius 2 is 1.89 bits per heavy atom. The third-order valence-electron chi connectivity index (χ3n) is 4.55. The molecule has 1 aromatic heterocycles.